The Bertz CT molecular complexity index is 236. The summed E-state index contributed by atoms with van der Waals surface area (Å²) in [7, 11) is -4.67. The average molecular weight is 182 g/mol. The molecule has 12 heavy (non-hydrogen) atoms. The third-order valence-electron chi connectivity index (χ3n) is 0.607. The van der Waals surface area contributed by atoms with Crippen LogP contribution in [-0.4, -0.2) is 17.5 Å². The zero-order valence-corrected chi connectivity index (χ0v) is 7.32. The molecule has 1 rings (SSSR count). The Morgan fingerprint density at radius 2 is 1.33 bits per heavy atom. The zero-order valence-electron chi connectivity index (χ0n) is 6.51. The second-order valence-electron chi connectivity index (χ2n) is 1.53. The van der Waals surface area contributed by atoms with Gasteiger partial charge in [-0.05, 0) is 0 Å². The molecule has 0 bridgehead atoms. The van der Waals surface area contributed by atoms with E-state index >= 15 is 0 Å². The topological polar surface area (TPSA) is 74.6 Å². The molecule has 0 heterocycles. The Morgan fingerprint density at radius 3 is 1.42 bits per heavy atom. The third kappa shape index (κ3) is 22.6. The third-order valence-corrected chi connectivity index (χ3v) is 0.607. The summed E-state index contributed by atoms with van der Waals surface area (Å²) >= 11 is 0. The largest absolute Gasteiger partial charge is 1.00 e. The van der Waals surface area contributed by atoms with E-state index in [4.69, 9.17) is 17.5 Å². The van der Waals surface area contributed by atoms with Crippen LogP contribution in [0.2, 0.25) is 0 Å². The molecule has 0 fully saturated rings. The van der Waals surface area contributed by atoms with E-state index in [1.165, 1.54) is 0 Å². The van der Waals surface area contributed by atoms with Crippen molar-refractivity contribution in [2.24, 2.45) is 0 Å². The first-order chi connectivity index (χ1) is 5.00. The normalized spacial score (nSPS) is 8.83. The van der Waals surface area contributed by atoms with Crippen LogP contribution in [0, 0.1) is 6.07 Å². The maximum absolute atomic E-state index is 8.74. The molecule has 0 atom stereocenters. The van der Waals surface area contributed by atoms with Crippen molar-refractivity contribution in [3.63, 3.8) is 0 Å². The van der Waals surface area contributed by atoms with Crippen molar-refractivity contribution in [3.8, 4) is 0 Å². The van der Waals surface area contributed by atoms with Gasteiger partial charge in [-0.25, -0.2) is 0 Å². The Kier molecular flexibility index (Phi) is 8.70. The summed E-state index contributed by atoms with van der Waals surface area (Å²) in [5, 5.41) is 0. The van der Waals surface area contributed by atoms with Crippen molar-refractivity contribution < 1.29 is 36.4 Å². The van der Waals surface area contributed by atoms with E-state index < -0.39 is 10.4 Å². The number of rotatable bonds is 0. The fraction of sp³-hybridized carbons (Fsp3) is 0. The van der Waals surface area contributed by atoms with Crippen LogP contribution in [0.3, 0.4) is 0 Å². The SMILES string of the molecule is O=S(=O)(O)O.[Li+].[c-]1ccccc1. The molecule has 0 spiro atoms. The van der Waals surface area contributed by atoms with Gasteiger partial charge in [0.05, 0.1) is 0 Å². The zero-order chi connectivity index (χ0) is 8.74. The van der Waals surface area contributed by atoms with Gasteiger partial charge in [-0.15, -0.1) is 0 Å². The van der Waals surface area contributed by atoms with Gasteiger partial charge < -0.3 is 0 Å². The van der Waals surface area contributed by atoms with Crippen LogP contribution in [0.4, 0.5) is 0 Å². The predicted octanol–water partition coefficient (Wildman–Crippen LogP) is -2.16. The molecule has 0 unspecified atom stereocenters. The molecular formula is C6H7LiO4S. The van der Waals surface area contributed by atoms with Crippen LogP contribution in [0.5, 0.6) is 0 Å². The van der Waals surface area contributed by atoms with E-state index in [0.29, 0.717) is 0 Å². The summed E-state index contributed by atoms with van der Waals surface area (Å²) in [6.45, 7) is 0. The maximum atomic E-state index is 8.74. The molecule has 1 aromatic carbocycles. The number of hydrogen-bond acceptors (Lipinski definition) is 2. The first-order valence-corrected chi connectivity index (χ1v) is 4.01. The second-order valence-corrected chi connectivity index (χ2v) is 2.42. The van der Waals surface area contributed by atoms with E-state index in [1.54, 1.807) is 0 Å². The molecule has 62 valence electrons. The summed E-state index contributed by atoms with van der Waals surface area (Å²) in [5.41, 5.74) is 0. The maximum Gasteiger partial charge on any atom is 1.00 e. The standard InChI is InChI=1S/C6H5.Li.H2O4S/c1-2-4-6-5-3-1;;1-5(2,3)4/h1-5H;;(H2,1,2,3,4)/q-1;+1;. The van der Waals surface area contributed by atoms with Gasteiger partial charge in [-0.3, -0.25) is 9.11 Å². The van der Waals surface area contributed by atoms with Gasteiger partial charge in [-0.1, -0.05) is 0 Å². The van der Waals surface area contributed by atoms with E-state index in [0.717, 1.165) is 0 Å². The van der Waals surface area contributed by atoms with E-state index in [2.05, 4.69) is 6.07 Å². The summed E-state index contributed by atoms with van der Waals surface area (Å²) in [6, 6.07) is 12.5. The summed E-state index contributed by atoms with van der Waals surface area (Å²) in [5.74, 6) is 0. The Hall–Kier alpha value is -0.313. The first-order valence-electron chi connectivity index (χ1n) is 2.61. The van der Waals surface area contributed by atoms with Crippen molar-refractivity contribution in [1.82, 2.24) is 0 Å². The van der Waals surface area contributed by atoms with Gasteiger partial charge >= 0.3 is 29.3 Å². The molecule has 0 aliphatic rings. The van der Waals surface area contributed by atoms with Gasteiger partial charge in [0, 0.05) is 0 Å². The molecule has 2 N–H and O–H groups in total. The molecule has 0 saturated heterocycles. The van der Waals surface area contributed by atoms with Crippen LogP contribution in [0.1, 0.15) is 0 Å². The van der Waals surface area contributed by atoms with Gasteiger partial charge in [0.2, 0.25) is 0 Å². The number of benzene rings is 1. The van der Waals surface area contributed by atoms with Gasteiger partial charge in [0.25, 0.3) is 0 Å². The second kappa shape index (κ2) is 7.34. The molecule has 6 heteroatoms. The molecular weight excluding hydrogens is 175 g/mol. The van der Waals surface area contributed by atoms with Crippen LogP contribution in [0.15, 0.2) is 30.3 Å². The van der Waals surface area contributed by atoms with Crippen LogP contribution < -0.4 is 18.9 Å². The molecule has 0 aliphatic heterocycles. The molecule has 0 radical (unpaired) electrons. The van der Waals surface area contributed by atoms with E-state index in [1.807, 2.05) is 30.3 Å². The molecule has 0 amide bonds. The molecule has 0 saturated carbocycles. The van der Waals surface area contributed by atoms with Crippen molar-refractivity contribution in [2.75, 3.05) is 0 Å². The number of hydrogen-bond donors (Lipinski definition) is 2. The van der Waals surface area contributed by atoms with Crippen molar-refractivity contribution in [1.29, 1.82) is 0 Å². The van der Waals surface area contributed by atoms with Gasteiger partial charge in [0.15, 0.2) is 0 Å². The van der Waals surface area contributed by atoms with Crippen LogP contribution >= 0.6 is 0 Å². The van der Waals surface area contributed by atoms with Crippen molar-refractivity contribution in [2.45, 2.75) is 0 Å². The van der Waals surface area contributed by atoms with Crippen LogP contribution in [0.25, 0.3) is 0 Å². The van der Waals surface area contributed by atoms with Gasteiger partial charge in [0.1, 0.15) is 0 Å². The minimum Gasteiger partial charge on any atom is -0.264 e. The van der Waals surface area contributed by atoms with Crippen molar-refractivity contribution >= 4 is 10.4 Å². The fourth-order valence-electron chi connectivity index (χ4n) is 0.342. The monoisotopic (exact) mass is 182 g/mol. The Morgan fingerprint density at radius 1 is 1.00 bits per heavy atom. The van der Waals surface area contributed by atoms with E-state index in [9.17, 15) is 0 Å². The molecule has 4 nitrogen and oxygen atoms in total. The Labute approximate surface area is 83.4 Å². The Balaban J connectivity index is 0. The summed E-state index contributed by atoms with van der Waals surface area (Å²) < 4.78 is 31.6. The summed E-state index contributed by atoms with van der Waals surface area (Å²) in [4.78, 5) is 0. The molecule has 0 aromatic heterocycles. The predicted molar refractivity (Wildman–Crippen MR) is 39.5 cm³/mol. The fourth-order valence-corrected chi connectivity index (χ4v) is 0.342. The van der Waals surface area contributed by atoms with Gasteiger partial charge in [-0.2, -0.15) is 44.8 Å². The quantitative estimate of drug-likeness (QED) is 0.272. The molecule has 1 aromatic rings. The average Bonchev–Trinajstić information content (AvgIpc) is 1.88. The van der Waals surface area contributed by atoms with Crippen molar-refractivity contribution in [3.05, 3.63) is 36.4 Å². The van der Waals surface area contributed by atoms with Crippen LogP contribution in [-0.2, 0) is 10.4 Å². The molecule has 0 aliphatic carbocycles. The first kappa shape index (κ1) is 14.2. The minimum absolute atomic E-state index is 0. The minimum atomic E-state index is -4.67. The smallest absolute Gasteiger partial charge is 0.264 e. The summed E-state index contributed by atoms with van der Waals surface area (Å²) in [6.07, 6.45) is 0. The van der Waals surface area contributed by atoms with E-state index in [-0.39, 0.29) is 18.9 Å².